The zero-order chi connectivity index (χ0) is 16.9. The Hall–Kier alpha value is -2.36. The van der Waals surface area contributed by atoms with E-state index in [0.717, 1.165) is 31.5 Å². The number of carbonyl (C=O) groups excluding carboxylic acids is 1. The molecule has 24 heavy (non-hydrogen) atoms. The summed E-state index contributed by atoms with van der Waals surface area (Å²) in [6, 6.07) is 19.5. The lowest BCUT2D eigenvalue weighted by atomic mass is 10.0. The fraction of sp³-hybridized carbons (Fsp3) is 0.0500. The number of hydrogen-bond donors (Lipinski definition) is 0. The third kappa shape index (κ3) is 3.42. The van der Waals surface area contributed by atoms with E-state index in [0.29, 0.717) is 12.2 Å². The summed E-state index contributed by atoms with van der Waals surface area (Å²) >= 11 is 7.76. The first kappa shape index (κ1) is 16.5. The first-order chi connectivity index (χ1) is 11.7. The maximum Gasteiger partial charge on any atom is 0.298 e. The highest BCUT2D eigenvalue weighted by atomic mass is 35.5. The lowest BCUT2D eigenvalue weighted by Crippen LogP contribution is -1.94. The Morgan fingerprint density at radius 3 is 2.67 bits per heavy atom. The molecular formula is C20H15ClO2S. The van der Waals surface area contributed by atoms with Crippen LogP contribution in [0.1, 0.15) is 17.4 Å². The molecule has 0 aliphatic carbocycles. The van der Waals surface area contributed by atoms with Crippen molar-refractivity contribution in [2.75, 3.05) is 0 Å². The topological polar surface area (TPSA) is 26.3 Å². The van der Waals surface area contributed by atoms with Crippen LogP contribution in [0, 0.1) is 0 Å². The molecule has 0 aliphatic rings. The number of carbonyl (C=O) groups is 1. The van der Waals surface area contributed by atoms with Crippen molar-refractivity contribution < 1.29 is 9.53 Å². The lowest BCUT2D eigenvalue weighted by molar-refractivity contribution is -0.120. The number of halogens is 1. The Bertz CT molecular complexity index is 896. The van der Waals surface area contributed by atoms with Gasteiger partial charge in [-0.2, -0.15) is 0 Å². The molecule has 1 heterocycles. The first-order valence-electron chi connectivity index (χ1n) is 7.45. The quantitative estimate of drug-likeness (QED) is 0.521. The maximum atomic E-state index is 10.7. The van der Waals surface area contributed by atoms with E-state index in [1.807, 2.05) is 55.5 Å². The molecule has 2 nitrogen and oxygen atoms in total. The summed E-state index contributed by atoms with van der Waals surface area (Å²) in [4.78, 5) is 13.0. The van der Waals surface area contributed by atoms with E-state index in [1.54, 1.807) is 17.4 Å². The molecule has 3 aromatic rings. The summed E-state index contributed by atoms with van der Waals surface area (Å²) < 4.78 is 5.11. The monoisotopic (exact) mass is 354 g/mol. The van der Waals surface area contributed by atoms with E-state index >= 15 is 0 Å². The third-order valence-corrected chi connectivity index (χ3v) is 5.02. The minimum Gasteiger partial charge on any atom is -0.428 e. The number of benzene rings is 2. The second-order valence-electron chi connectivity index (χ2n) is 5.09. The van der Waals surface area contributed by atoms with E-state index < -0.39 is 0 Å². The SMILES string of the molecule is C/C=C(/c1ccc(-c2cccc(Cl)c2)s1)c1ccccc1OC=O. The van der Waals surface area contributed by atoms with E-state index in [-0.39, 0.29) is 0 Å². The van der Waals surface area contributed by atoms with Gasteiger partial charge >= 0.3 is 0 Å². The first-order valence-corrected chi connectivity index (χ1v) is 8.64. The standard InChI is InChI=1S/C20H15ClO2S/c1-2-16(17-8-3-4-9-18(17)23-13-22)20-11-10-19(24-20)14-6-5-7-15(21)12-14/h2-13H,1H3/b16-2+. The van der Waals surface area contributed by atoms with Crippen LogP contribution in [0.5, 0.6) is 5.75 Å². The van der Waals surface area contributed by atoms with Crippen LogP contribution in [0.3, 0.4) is 0 Å². The van der Waals surface area contributed by atoms with Gasteiger partial charge in [0.2, 0.25) is 0 Å². The molecule has 0 amide bonds. The highest BCUT2D eigenvalue weighted by Gasteiger charge is 2.13. The molecule has 0 saturated carbocycles. The number of ether oxygens (including phenoxy) is 1. The minimum atomic E-state index is 0.456. The van der Waals surface area contributed by atoms with Gasteiger partial charge in [-0.3, -0.25) is 4.79 Å². The molecule has 120 valence electrons. The minimum absolute atomic E-state index is 0.456. The highest BCUT2D eigenvalue weighted by Crippen LogP contribution is 2.38. The number of para-hydroxylation sites is 1. The molecule has 0 N–H and O–H groups in total. The van der Waals surface area contributed by atoms with E-state index in [1.165, 1.54) is 0 Å². The molecule has 0 radical (unpaired) electrons. The van der Waals surface area contributed by atoms with Crippen molar-refractivity contribution in [2.24, 2.45) is 0 Å². The zero-order valence-corrected chi connectivity index (χ0v) is 14.6. The Morgan fingerprint density at radius 1 is 1.08 bits per heavy atom. The summed E-state index contributed by atoms with van der Waals surface area (Å²) in [6.45, 7) is 2.43. The van der Waals surface area contributed by atoms with Crippen LogP contribution in [-0.2, 0) is 4.79 Å². The van der Waals surface area contributed by atoms with Gasteiger partial charge in [0.25, 0.3) is 6.47 Å². The van der Waals surface area contributed by atoms with Gasteiger partial charge in [0.05, 0.1) is 0 Å². The van der Waals surface area contributed by atoms with Crippen molar-refractivity contribution in [3.05, 3.63) is 82.2 Å². The Balaban J connectivity index is 2.01. The summed E-state index contributed by atoms with van der Waals surface area (Å²) in [5.74, 6) is 0.554. The maximum absolute atomic E-state index is 10.7. The van der Waals surface area contributed by atoms with Crippen LogP contribution < -0.4 is 4.74 Å². The molecule has 1 aromatic heterocycles. The van der Waals surface area contributed by atoms with Crippen LogP contribution in [0.15, 0.2) is 66.7 Å². The third-order valence-electron chi connectivity index (χ3n) is 3.62. The van der Waals surface area contributed by atoms with Gasteiger partial charge in [-0.05, 0) is 48.4 Å². The molecule has 0 unspecified atom stereocenters. The Morgan fingerprint density at radius 2 is 1.92 bits per heavy atom. The fourth-order valence-corrected chi connectivity index (χ4v) is 3.84. The highest BCUT2D eigenvalue weighted by molar-refractivity contribution is 7.16. The molecule has 2 aromatic carbocycles. The largest absolute Gasteiger partial charge is 0.428 e. The second-order valence-corrected chi connectivity index (χ2v) is 6.61. The van der Waals surface area contributed by atoms with Gasteiger partial charge in [0.1, 0.15) is 5.75 Å². The normalized spacial score (nSPS) is 11.3. The van der Waals surface area contributed by atoms with Crippen molar-refractivity contribution in [1.29, 1.82) is 0 Å². The van der Waals surface area contributed by atoms with Crippen LogP contribution >= 0.6 is 22.9 Å². The molecule has 0 spiro atoms. The van der Waals surface area contributed by atoms with Gasteiger partial charge in [-0.25, -0.2) is 0 Å². The molecule has 0 bridgehead atoms. The van der Waals surface area contributed by atoms with Crippen LogP contribution in [0.2, 0.25) is 5.02 Å². The van der Waals surface area contributed by atoms with Crippen LogP contribution in [-0.4, -0.2) is 6.47 Å². The van der Waals surface area contributed by atoms with Crippen molar-refractivity contribution in [3.63, 3.8) is 0 Å². The molecular weight excluding hydrogens is 340 g/mol. The van der Waals surface area contributed by atoms with Crippen LogP contribution in [0.4, 0.5) is 0 Å². The molecule has 0 aliphatic heterocycles. The zero-order valence-electron chi connectivity index (χ0n) is 13.0. The number of rotatable bonds is 5. The van der Waals surface area contributed by atoms with Crippen molar-refractivity contribution in [1.82, 2.24) is 0 Å². The molecule has 0 saturated heterocycles. The summed E-state index contributed by atoms with van der Waals surface area (Å²) in [7, 11) is 0. The smallest absolute Gasteiger partial charge is 0.298 e. The van der Waals surface area contributed by atoms with E-state index in [2.05, 4.69) is 12.1 Å². The average molecular weight is 355 g/mol. The summed E-state index contributed by atoms with van der Waals surface area (Å²) in [5.41, 5.74) is 3.02. The average Bonchev–Trinajstić information content (AvgIpc) is 3.07. The number of hydrogen-bond acceptors (Lipinski definition) is 3. The predicted octanol–water partition coefficient (Wildman–Crippen LogP) is 6.06. The van der Waals surface area contributed by atoms with Crippen molar-refractivity contribution in [2.45, 2.75) is 6.92 Å². The number of allylic oxidation sites excluding steroid dienone is 1. The summed E-state index contributed by atoms with van der Waals surface area (Å²) in [5, 5.41) is 0.721. The van der Waals surface area contributed by atoms with E-state index in [4.69, 9.17) is 16.3 Å². The van der Waals surface area contributed by atoms with Gasteiger partial charge in [0, 0.05) is 20.3 Å². The predicted molar refractivity (Wildman–Crippen MR) is 101 cm³/mol. The summed E-state index contributed by atoms with van der Waals surface area (Å²) in [6.07, 6.45) is 2.03. The fourth-order valence-electron chi connectivity index (χ4n) is 2.55. The Labute approximate surface area is 150 Å². The van der Waals surface area contributed by atoms with Crippen molar-refractivity contribution in [3.8, 4) is 16.2 Å². The molecule has 0 atom stereocenters. The molecule has 3 rings (SSSR count). The van der Waals surface area contributed by atoms with E-state index in [9.17, 15) is 4.79 Å². The number of thiophene rings is 1. The van der Waals surface area contributed by atoms with Crippen molar-refractivity contribution >= 4 is 35.0 Å². The van der Waals surface area contributed by atoms with Gasteiger partial charge in [0.15, 0.2) is 0 Å². The van der Waals surface area contributed by atoms with Gasteiger partial charge in [-0.15, -0.1) is 11.3 Å². The molecule has 4 heteroatoms. The second kappa shape index (κ2) is 7.47. The van der Waals surface area contributed by atoms with Gasteiger partial charge in [-0.1, -0.05) is 48.0 Å². The van der Waals surface area contributed by atoms with Gasteiger partial charge < -0.3 is 4.74 Å². The lowest BCUT2D eigenvalue weighted by Gasteiger charge is -2.09. The Kier molecular flexibility index (Phi) is 5.14. The van der Waals surface area contributed by atoms with Crippen LogP contribution in [0.25, 0.3) is 16.0 Å². The molecule has 0 fully saturated rings.